The largest absolute Gasteiger partial charge is 0.496 e. The molecule has 1 aliphatic carbocycles. The van der Waals surface area contributed by atoms with E-state index in [1.165, 1.54) is 14.2 Å². The normalized spacial score (nSPS) is 17.6. The number of carboxylic acid groups (broad SMARTS) is 1. The number of carboxylic acids is 1. The fraction of sp³-hybridized carbons (Fsp3) is 0.429. The molecule has 0 fully saturated rings. The average Bonchev–Trinajstić information content (AvgIpc) is 2.39. The van der Waals surface area contributed by atoms with Gasteiger partial charge in [0.05, 0.1) is 24.3 Å². The van der Waals surface area contributed by atoms with Gasteiger partial charge in [0.1, 0.15) is 11.5 Å². The first kappa shape index (κ1) is 14.8. The van der Waals surface area contributed by atoms with Crippen LogP contribution in [0.15, 0.2) is 10.5 Å². The van der Waals surface area contributed by atoms with Crippen molar-refractivity contribution in [1.82, 2.24) is 0 Å². The van der Waals surface area contributed by atoms with Crippen molar-refractivity contribution in [1.29, 1.82) is 0 Å². The van der Waals surface area contributed by atoms with Crippen molar-refractivity contribution in [3.8, 4) is 11.5 Å². The Kier molecular flexibility index (Phi) is 4.32. The summed E-state index contributed by atoms with van der Waals surface area (Å²) in [6.45, 7) is 0. The van der Waals surface area contributed by atoms with E-state index in [0.29, 0.717) is 28.0 Å². The number of aliphatic carboxylic acids is 1. The fourth-order valence-corrected chi connectivity index (χ4v) is 3.22. The van der Waals surface area contributed by atoms with Gasteiger partial charge < -0.3 is 14.6 Å². The Bertz CT molecular complexity index is 567. The molecule has 1 aromatic rings. The molecule has 0 radical (unpaired) electrons. The zero-order valence-corrected chi connectivity index (χ0v) is 12.8. The van der Waals surface area contributed by atoms with Crippen LogP contribution >= 0.6 is 15.9 Å². The highest BCUT2D eigenvalue weighted by molar-refractivity contribution is 9.10. The second-order valence-electron chi connectivity index (χ2n) is 4.74. The molecule has 0 bridgehead atoms. The summed E-state index contributed by atoms with van der Waals surface area (Å²) in [5.74, 6) is -0.126. The molecule has 1 aliphatic rings. The number of hydrogen-bond donors (Lipinski definition) is 1. The minimum atomic E-state index is -0.891. The van der Waals surface area contributed by atoms with E-state index < -0.39 is 5.97 Å². The molecule has 0 saturated carbocycles. The smallest absolute Gasteiger partial charge is 0.303 e. The SMILES string of the molecule is COc1cc(OC)c2c(c1Br)CC(CC(=O)O)CC2=O. The molecule has 0 saturated heterocycles. The molecule has 0 aromatic heterocycles. The summed E-state index contributed by atoms with van der Waals surface area (Å²) in [5.41, 5.74) is 1.30. The van der Waals surface area contributed by atoms with Gasteiger partial charge >= 0.3 is 5.97 Å². The van der Waals surface area contributed by atoms with E-state index >= 15 is 0 Å². The summed E-state index contributed by atoms with van der Waals surface area (Å²) in [6, 6.07) is 1.67. The van der Waals surface area contributed by atoms with Crippen molar-refractivity contribution < 1.29 is 24.2 Å². The van der Waals surface area contributed by atoms with Gasteiger partial charge in [-0.3, -0.25) is 9.59 Å². The van der Waals surface area contributed by atoms with Crippen molar-refractivity contribution in [3.63, 3.8) is 0 Å². The minimum absolute atomic E-state index is 0.0167. The third-order valence-corrected chi connectivity index (χ3v) is 4.31. The van der Waals surface area contributed by atoms with Crippen molar-refractivity contribution in [2.75, 3.05) is 14.2 Å². The molecule has 0 amide bonds. The highest BCUT2D eigenvalue weighted by Crippen LogP contribution is 2.42. The predicted molar refractivity (Wildman–Crippen MR) is 75.6 cm³/mol. The molecular weight excluding hydrogens is 328 g/mol. The Morgan fingerprint density at radius 2 is 2.00 bits per heavy atom. The van der Waals surface area contributed by atoms with Crippen molar-refractivity contribution in [3.05, 3.63) is 21.7 Å². The van der Waals surface area contributed by atoms with Gasteiger partial charge in [0.2, 0.25) is 0 Å². The van der Waals surface area contributed by atoms with Gasteiger partial charge in [0.25, 0.3) is 0 Å². The molecule has 1 aromatic carbocycles. The molecule has 1 unspecified atom stereocenters. The van der Waals surface area contributed by atoms with Gasteiger partial charge in [-0.25, -0.2) is 0 Å². The number of methoxy groups -OCH3 is 2. The molecule has 1 N–H and O–H groups in total. The maximum atomic E-state index is 12.3. The van der Waals surface area contributed by atoms with E-state index in [1.54, 1.807) is 6.07 Å². The number of Topliss-reactive ketones (excluding diaryl/α,β-unsaturated/α-hetero) is 1. The number of fused-ring (bicyclic) bond motifs is 1. The van der Waals surface area contributed by atoms with Crippen LogP contribution in [-0.2, 0) is 11.2 Å². The van der Waals surface area contributed by atoms with E-state index in [-0.39, 0.29) is 24.5 Å². The lowest BCUT2D eigenvalue weighted by atomic mass is 9.81. The third-order valence-electron chi connectivity index (χ3n) is 3.44. The molecule has 0 heterocycles. The van der Waals surface area contributed by atoms with Gasteiger partial charge in [-0.05, 0) is 33.8 Å². The molecule has 108 valence electrons. The number of rotatable bonds is 4. The number of hydrogen-bond acceptors (Lipinski definition) is 4. The van der Waals surface area contributed by atoms with Gasteiger partial charge in [-0.15, -0.1) is 0 Å². The van der Waals surface area contributed by atoms with E-state index in [2.05, 4.69) is 15.9 Å². The number of benzene rings is 1. The average molecular weight is 343 g/mol. The summed E-state index contributed by atoms with van der Waals surface area (Å²) in [7, 11) is 3.03. The van der Waals surface area contributed by atoms with Gasteiger partial charge in [-0.1, -0.05) is 0 Å². The molecule has 1 atom stereocenters. The molecule has 0 spiro atoms. The van der Waals surface area contributed by atoms with E-state index in [4.69, 9.17) is 14.6 Å². The fourth-order valence-electron chi connectivity index (χ4n) is 2.59. The number of carbonyl (C=O) groups is 2. The van der Waals surface area contributed by atoms with Gasteiger partial charge in [-0.2, -0.15) is 0 Å². The van der Waals surface area contributed by atoms with Crippen molar-refractivity contribution >= 4 is 27.7 Å². The zero-order chi connectivity index (χ0) is 14.9. The summed E-state index contributed by atoms with van der Waals surface area (Å²) < 4.78 is 11.2. The van der Waals surface area contributed by atoms with E-state index in [1.807, 2.05) is 0 Å². The second-order valence-corrected chi connectivity index (χ2v) is 5.54. The summed E-state index contributed by atoms with van der Waals surface area (Å²) in [4.78, 5) is 23.1. The maximum Gasteiger partial charge on any atom is 0.303 e. The number of halogens is 1. The Balaban J connectivity index is 2.51. The Labute approximate surface area is 125 Å². The second kappa shape index (κ2) is 5.83. The van der Waals surface area contributed by atoms with Gasteiger partial charge in [0, 0.05) is 18.9 Å². The summed E-state index contributed by atoms with van der Waals surface area (Å²) >= 11 is 3.43. The zero-order valence-electron chi connectivity index (χ0n) is 11.2. The van der Waals surface area contributed by atoms with E-state index in [0.717, 1.165) is 5.56 Å². The lowest BCUT2D eigenvalue weighted by molar-refractivity contribution is -0.138. The molecule has 2 rings (SSSR count). The Morgan fingerprint density at radius 1 is 1.35 bits per heavy atom. The highest BCUT2D eigenvalue weighted by atomic mass is 79.9. The van der Waals surface area contributed by atoms with Crippen molar-refractivity contribution in [2.45, 2.75) is 19.3 Å². The maximum absolute atomic E-state index is 12.3. The van der Waals surface area contributed by atoms with Crippen LogP contribution in [0.25, 0.3) is 0 Å². The summed E-state index contributed by atoms with van der Waals surface area (Å²) in [6.07, 6.45) is 0.729. The lowest BCUT2D eigenvalue weighted by Crippen LogP contribution is -2.23. The first-order chi connectivity index (χ1) is 9.47. The number of ether oxygens (including phenoxy) is 2. The summed E-state index contributed by atoms with van der Waals surface area (Å²) in [5, 5.41) is 8.90. The van der Waals surface area contributed by atoms with Crippen LogP contribution in [0.4, 0.5) is 0 Å². The first-order valence-electron chi connectivity index (χ1n) is 6.16. The van der Waals surface area contributed by atoms with E-state index in [9.17, 15) is 9.59 Å². The lowest BCUT2D eigenvalue weighted by Gasteiger charge is -2.26. The Hall–Kier alpha value is -1.56. The molecular formula is C14H15BrO5. The van der Waals surface area contributed by atoms with Crippen LogP contribution < -0.4 is 9.47 Å². The predicted octanol–water partition coefficient (Wildman–Crippen LogP) is 2.69. The molecule has 5 nitrogen and oxygen atoms in total. The third kappa shape index (κ3) is 2.65. The van der Waals surface area contributed by atoms with Crippen LogP contribution in [0.1, 0.15) is 28.8 Å². The van der Waals surface area contributed by atoms with Crippen LogP contribution in [0.2, 0.25) is 0 Å². The topological polar surface area (TPSA) is 72.8 Å². The minimum Gasteiger partial charge on any atom is -0.496 e. The van der Waals surface area contributed by atoms with Crippen molar-refractivity contribution in [2.24, 2.45) is 5.92 Å². The standard InChI is InChI=1S/C14H15BrO5/c1-19-10-6-11(20-2)14(15)8-3-7(5-12(17)18)4-9(16)13(8)10/h6-7H,3-5H2,1-2H3,(H,17,18). The number of carbonyl (C=O) groups excluding carboxylic acids is 1. The molecule has 6 heteroatoms. The van der Waals surface area contributed by atoms with Crippen LogP contribution in [0.5, 0.6) is 11.5 Å². The van der Waals surface area contributed by atoms with Crippen LogP contribution in [0.3, 0.4) is 0 Å². The molecule has 20 heavy (non-hydrogen) atoms. The van der Waals surface area contributed by atoms with Gasteiger partial charge in [0.15, 0.2) is 5.78 Å². The quantitative estimate of drug-likeness (QED) is 0.910. The first-order valence-corrected chi connectivity index (χ1v) is 6.95. The monoisotopic (exact) mass is 342 g/mol. The number of ketones is 1. The highest BCUT2D eigenvalue weighted by Gasteiger charge is 2.32. The molecule has 0 aliphatic heterocycles. The Morgan fingerprint density at radius 3 is 2.55 bits per heavy atom. The van der Waals surface area contributed by atoms with Crippen LogP contribution in [0, 0.1) is 5.92 Å². The van der Waals surface area contributed by atoms with Crippen LogP contribution in [-0.4, -0.2) is 31.1 Å².